The van der Waals surface area contributed by atoms with Crippen molar-refractivity contribution >= 4 is 44.3 Å². The number of hydrogen-bond donors (Lipinski definition) is 2. The normalized spacial score (nSPS) is 17.2. The maximum absolute atomic E-state index is 14.7. The average Bonchev–Trinajstić information content (AvgIpc) is 3.17. The van der Waals surface area contributed by atoms with Crippen molar-refractivity contribution in [2.75, 3.05) is 4.90 Å². The Morgan fingerprint density at radius 3 is 2.78 bits per heavy atom. The molecule has 0 radical (unpaired) electrons. The van der Waals surface area contributed by atoms with Gasteiger partial charge in [0.15, 0.2) is 11.5 Å². The molecule has 6 nitrogen and oxygen atoms in total. The highest BCUT2D eigenvalue weighted by molar-refractivity contribution is 9.10. The number of anilines is 1. The highest BCUT2D eigenvalue weighted by Crippen LogP contribution is 2.42. The minimum atomic E-state index is -1.07. The number of hydrogen-bond acceptors (Lipinski definition) is 4. The lowest BCUT2D eigenvalue weighted by Gasteiger charge is -2.27. The van der Waals surface area contributed by atoms with Crippen molar-refractivity contribution in [3.05, 3.63) is 69.9 Å². The third-order valence-corrected chi connectivity index (χ3v) is 5.02. The van der Waals surface area contributed by atoms with E-state index in [1.807, 2.05) is 0 Å². The molecular formula is C19H13BrFN3O3. The summed E-state index contributed by atoms with van der Waals surface area (Å²) in [5.74, 6) is -2.52. The van der Waals surface area contributed by atoms with Gasteiger partial charge in [-0.1, -0.05) is 22.0 Å². The van der Waals surface area contributed by atoms with E-state index in [9.17, 15) is 19.1 Å². The molecule has 4 rings (SSSR count). The van der Waals surface area contributed by atoms with E-state index in [1.165, 1.54) is 30.3 Å². The van der Waals surface area contributed by atoms with Crippen LogP contribution < -0.4 is 4.90 Å². The van der Waals surface area contributed by atoms with Gasteiger partial charge in [-0.05, 0) is 37.3 Å². The molecule has 0 saturated carbocycles. The number of Topliss-reactive ketones (excluding diaryl/α,β-unsaturated/α-hetero) is 1. The highest BCUT2D eigenvalue weighted by atomic mass is 79.9. The molecule has 1 unspecified atom stereocenters. The van der Waals surface area contributed by atoms with E-state index in [4.69, 9.17) is 0 Å². The first kappa shape index (κ1) is 17.4. The number of ketones is 1. The fourth-order valence-corrected chi connectivity index (χ4v) is 3.66. The van der Waals surface area contributed by atoms with E-state index in [1.54, 1.807) is 24.3 Å². The molecule has 2 N–H and O–H groups in total. The lowest BCUT2D eigenvalue weighted by atomic mass is 9.96. The SMILES string of the molecule is CC(=O)C1=C(O)C(=O)N(c2ccc3nc[nH]c3c2)C1c1ccc(Br)cc1F. The zero-order valence-electron chi connectivity index (χ0n) is 14.0. The number of fused-ring (bicyclic) bond motifs is 1. The van der Waals surface area contributed by atoms with E-state index < -0.39 is 29.3 Å². The lowest BCUT2D eigenvalue weighted by Crippen LogP contribution is -2.31. The van der Waals surface area contributed by atoms with Crippen LogP contribution in [0.2, 0.25) is 0 Å². The van der Waals surface area contributed by atoms with Crippen LogP contribution in [0.5, 0.6) is 0 Å². The summed E-state index contributed by atoms with van der Waals surface area (Å²) >= 11 is 3.20. The molecule has 0 aliphatic carbocycles. The highest BCUT2D eigenvalue weighted by Gasteiger charge is 2.44. The van der Waals surface area contributed by atoms with Crippen molar-refractivity contribution in [1.82, 2.24) is 9.97 Å². The largest absolute Gasteiger partial charge is 0.503 e. The number of imidazole rings is 1. The van der Waals surface area contributed by atoms with Gasteiger partial charge >= 0.3 is 0 Å². The van der Waals surface area contributed by atoms with Gasteiger partial charge in [-0.3, -0.25) is 14.5 Å². The number of aliphatic hydroxyl groups is 1. The minimum Gasteiger partial charge on any atom is -0.503 e. The van der Waals surface area contributed by atoms with Crippen molar-refractivity contribution in [3.63, 3.8) is 0 Å². The van der Waals surface area contributed by atoms with E-state index in [0.717, 1.165) is 0 Å². The van der Waals surface area contributed by atoms with Crippen LogP contribution in [0.25, 0.3) is 11.0 Å². The second-order valence-corrected chi connectivity index (χ2v) is 7.08. The quantitative estimate of drug-likeness (QED) is 0.659. The van der Waals surface area contributed by atoms with Crippen molar-refractivity contribution < 1.29 is 19.1 Å². The molecule has 1 amide bonds. The Morgan fingerprint density at radius 1 is 1.30 bits per heavy atom. The standard InChI is InChI=1S/C19H13BrFN3O3/c1-9(25)16-17(12-4-2-10(20)6-13(12)21)24(19(27)18(16)26)11-3-5-14-15(7-11)23-8-22-14/h2-8,17,26H,1H3,(H,22,23). The lowest BCUT2D eigenvalue weighted by molar-refractivity contribution is -0.117. The Balaban J connectivity index is 1.93. The molecule has 1 aromatic heterocycles. The van der Waals surface area contributed by atoms with Gasteiger partial charge in [0.2, 0.25) is 0 Å². The topological polar surface area (TPSA) is 86.3 Å². The first-order valence-electron chi connectivity index (χ1n) is 8.04. The molecule has 27 heavy (non-hydrogen) atoms. The Morgan fingerprint density at radius 2 is 2.07 bits per heavy atom. The molecule has 1 aliphatic rings. The van der Waals surface area contributed by atoms with Gasteiger partial charge in [0.1, 0.15) is 5.82 Å². The molecule has 3 aromatic rings. The summed E-state index contributed by atoms with van der Waals surface area (Å²) in [5, 5.41) is 10.3. The number of benzene rings is 2. The number of rotatable bonds is 3. The predicted octanol–water partition coefficient (Wildman–Crippen LogP) is 3.95. The Labute approximate surface area is 161 Å². The molecule has 0 fully saturated rings. The summed E-state index contributed by atoms with van der Waals surface area (Å²) in [6.45, 7) is 1.24. The predicted molar refractivity (Wildman–Crippen MR) is 101 cm³/mol. The van der Waals surface area contributed by atoms with Crippen molar-refractivity contribution in [2.45, 2.75) is 13.0 Å². The van der Waals surface area contributed by atoms with Gasteiger partial charge < -0.3 is 10.1 Å². The maximum Gasteiger partial charge on any atom is 0.294 e. The number of aliphatic hydroxyl groups excluding tert-OH is 1. The Kier molecular flexibility index (Phi) is 4.07. The van der Waals surface area contributed by atoms with Gasteiger partial charge in [0, 0.05) is 15.7 Å². The van der Waals surface area contributed by atoms with Gasteiger partial charge in [-0.25, -0.2) is 9.37 Å². The van der Waals surface area contributed by atoms with Crippen LogP contribution in [0.15, 0.2) is 58.5 Å². The van der Waals surface area contributed by atoms with Crippen LogP contribution in [-0.2, 0) is 9.59 Å². The van der Waals surface area contributed by atoms with Crippen LogP contribution >= 0.6 is 15.9 Å². The van der Waals surface area contributed by atoms with Crippen LogP contribution in [0, 0.1) is 5.82 Å². The van der Waals surface area contributed by atoms with Crippen molar-refractivity contribution in [1.29, 1.82) is 0 Å². The first-order chi connectivity index (χ1) is 12.9. The maximum atomic E-state index is 14.7. The molecule has 8 heteroatoms. The number of carbonyl (C=O) groups is 2. The zero-order chi connectivity index (χ0) is 19.3. The number of halogens is 2. The Bertz CT molecular complexity index is 1140. The number of carbonyl (C=O) groups excluding carboxylic acids is 2. The van der Waals surface area contributed by atoms with Gasteiger partial charge in [-0.2, -0.15) is 0 Å². The number of aromatic amines is 1. The average molecular weight is 430 g/mol. The van der Waals surface area contributed by atoms with Gasteiger partial charge in [-0.15, -0.1) is 0 Å². The van der Waals surface area contributed by atoms with Crippen molar-refractivity contribution in [3.8, 4) is 0 Å². The number of amides is 1. The van der Waals surface area contributed by atoms with Gasteiger partial charge in [0.25, 0.3) is 5.91 Å². The summed E-state index contributed by atoms with van der Waals surface area (Å²) < 4.78 is 15.2. The number of nitrogens with zero attached hydrogens (tertiary/aromatic N) is 2. The molecule has 2 heterocycles. The second kappa shape index (κ2) is 6.31. The van der Waals surface area contributed by atoms with E-state index in [0.29, 0.717) is 21.2 Å². The van der Waals surface area contributed by atoms with Crippen LogP contribution in [0.1, 0.15) is 18.5 Å². The van der Waals surface area contributed by atoms with Gasteiger partial charge in [0.05, 0.1) is 29.0 Å². The molecule has 0 bridgehead atoms. The monoisotopic (exact) mass is 429 g/mol. The summed E-state index contributed by atoms with van der Waals surface area (Å²) in [4.78, 5) is 33.2. The number of nitrogens with one attached hydrogen (secondary N) is 1. The molecule has 1 aliphatic heterocycles. The number of aromatic nitrogens is 2. The smallest absolute Gasteiger partial charge is 0.294 e. The summed E-state index contributed by atoms with van der Waals surface area (Å²) in [6.07, 6.45) is 1.52. The number of H-pyrrole nitrogens is 1. The fraction of sp³-hybridized carbons (Fsp3) is 0.105. The summed E-state index contributed by atoms with van der Waals surface area (Å²) in [5.41, 5.74) is 1.76. The first-order valence-corrected chi connectivity index (χ1v) is 8.83. The second-order valence-electron chi connectivity index (χ2n) is 6.17. The molecule has 0 spiro atoms. The molecular weight excluding hydrogens is 417 g/mol. The van der Waals surface area contributed by atoms with E-state index in [2.05, 4.69) is 25.9 Å². The van der Waals surface area contributed by atoms with Crippen LogP contribution in [-0.4, -0.2) is 26.8 Å². The molecule has 1 atom stereocenters. The third-order valence-electron chi connectivity index (χ3n) is 4.53. The van der Waals surface area contributed by atoms with Crippen molar-refractivity contribution in [2.24, 2.45) is 0 Å². The molecule has 0 saturated heterocycles. The van der Waals surface area contributed by atoms with E-state index in [-0.39, 0.29) is 11.1 Å². The Hall–Kier alpha value is -3.00. The molecule has 2 aromatic carbocycles. The minimum absolute atomic E-state index is 0.116. The zero-order valence-corrected chi connectivity index (χ0v) is 15.6. The third kappa shape index (κ3) is 2.73. The fourth-order valence-electron chi connectivity index (χ4n) is 3.32. The summed E-state index contributed by atoms with van der Waals surface area (Å²) in [7, 11) is 0. The molecule has 136 valence electrons. The van der Waals surface area contributed by atoms with E-state index >= 15 is 0 Å². The van der Waals surface area contributed by atoms with Crippen LogP contribution in [0.4, 0.5) is 10.1 Å². The van der Waals surface area contributed by atoms with Crippen LogP contribution in [0.3, 0.4) is 0 Å². The summed E-state index contributed by atoms with van der Waals surface area (Å²) in [6, 6.07) is 8.30.